The smallest absolute Gasteiger partial charge is 0.274 e. The molecule has 0 saturated carbocycles. The number of nitrogens with zero attached hydrogens (tertiary/aromatic N) is 2. The third-order valence-corrected chi connectivity index (χ3v) is 4.83. The molecule has 1 aliphatic heterocycles. The van der Waals surface area contributed by atoms with Gasteiger partial charge in [-0.3, -0.25) is 9.59 Å². The Morgan fingerprint density at radius 3 is 2.50 bits per heavy atom. The Bertz CT molecular complexity index is 928. The second-order valence-electron chi connectivity index (χ2n) is 6.76. The molecule has 1 aliphatic rings. The van der Waals surface area contributed by atoms with E-state index in [2.05, 4.69) is 10.5 Å². The summed E-state index contributed by atoms with van der Waals surface area (Å²) in [5.74, 6) is 0.263. The number of benzene rings is 1. The molecule has 1 aromatic carbocycles. The van der Waals surface area contributed by atoms with Crippen molar-refractivity contribution in [3.8, 4) is 11.5 Å². The van der Waals surface area contributed by atoms with E-state index in [0.717, 1.165) is 24.8 Å². The number of piperidine rings is 1. The summed E-state index contributed by atoms with van der Waals surface area (Å²) in [6.45, 7) is 1.43. The van der Waals surface area contributed by atoms with Crippen molar-refractivity contribution in [2.45, 2.75) is 25.3 Å². The van der Waals surface area contributed by atoms with Crippen molar-refractivity contribution in [2.75, 3.05) is 13.1 Å². The van der Waals surface area contributed by atoms with Crippen LogP contribution in [0.5, 0.6) is 0 Å². The van der Waals surface area contributed by atoms with E-state index < -0.39 is 11.9 Å². The summed E-state index contributed by atoms with van der Waals surface area (Å²) in [5.41, 5.74) is 0.833. The summed E-state index contributed by atoms with van der Waals surface area (Å²) < 4.78 is 10.4. The number of carbonyl (C=O) groups is 2. The molecule has 0 radical (unpaired) electrons. The second-order valence-corrected chi connectivity index (χ2v) is 6.76. The number of nitrogens with one attached hydrogen (secondary N) is 1. The van der Waals surface area contributed by atoms with E-state index in [1.165, 1.54) is 12.3 Å². The first-order chi connectivity index (χ1) is 13.7. The molecule has 4 rings (SSSR count). The van der Waals surface area contributed by atoms with Gasteiger partial charge in [0.1, 0.15) is 6.04 Å². The molecule has 7 heteroatoms. The van der Waals surface area contributed by atoms with Crippen LogP contribution >= 0.6 is 0 Å². The molecule has 1 N–H and O–H groups in total. The molecule has 144 valence electrons. The van der Waals surface area contributed by atoms with E-state index in [0.29, 0.717) is 24.6 Å². The predicted molar refractivity (Wildman–Crippen MR) is 101 cm³/mol. The van der Waals surface area contributed by atoms with Gasteiger partial charge < -0.3 is 19.2 Å². The Hall–Kier alpha value is -3.35. The van der Waals surface area contributed by atoms with Crippen LogP contribution < -0.4 is 5.32 Å². The van der Waals surface area contributed by atoms with Crippen molar-refractivity contribution < 1.29 is 18.5 Å². The number of hydrogen-bond donors (Lipinski definition) is 1. The molecule has 0 aliphatic carbocycles. The maximum atomic E-state index is 13.1. The molecule has 0 unspecified atom stereocenters. The Labute approximate surface area is 162 Å². The number of carbonyl (C=O) groups excluding carboxylic acids is 2. The fraction of sp³-hybridized carbons (Fsp3) is 0.286. The fourth-order valence-electron chi connectivity index (χ4n) is 3.35. The van der Waals surface area contributed by atoms with Gasteiger partial charge >= 0.3 is 0 Å². The third-order valence-electron chi connectivity index (χ3n) is 4.83. The molecule has 1 atom stereocenters. The van der Waals surface area contributed by atoms with Crippen LogP contribution in [0.25, 0.3) is 11.5 Å². The van der Waals surface area contributed by atoms with Gasteiger partial charge in [0.15, 0.2) is 11.5 Å². The normalized spacial score (nSPS) is 15.2. The first-order valence-corrected chi connectivity index (χ1v) is 9.37. The van der Waals surface area contributed by atoms with Gasteiger partial charge in [-0.2, -0.15) is 0 Å². The number of rotatable bonds is 5. The second kappa shape index (κ2) is 8.12. The van der Waals surface area contributed by atoms with Gasteiger partial charge in [0.2, 0.25) is 11.7 Å². The summed E-state index contributed by atoms with van der Waals surface area (Å²) in [7, 11) is 0. The first kappa shape index (κ1) is 18.0. The summed E-state index contributed by atoms with van der Waals surface area (Å²) in [4.78, 5) is 27.7. The lowest BCUT2D eigenvalue weighted by atomic mass is 10.0. The van der Waals surface area contributed by atoms with Gasteiger partial charge in [0.05, 0.1) is 6.26 Å². The minimum absolute atomic E-state index is 0.0961. The predicted octanol–water partition coefficient (Wildman–Crippen LogP) is 3.42. The van der Waals surface area contributed by atoms with Crippen LogP contribution in [0, 0.1) is 0 Å². The van der Waals surface area contributed by atoms with Crippen molar-refractivity contribution in [1.29, 1.82) is 0 Å². The zero-order valence-electron chi connectivity index (χ0n) is 15.3. The quantitative estimate of drug-likeness (QED) is 0.734. The fourth-order valence-corrected chi connectivity index (χ4v) is 3.35. The van der Waals surface area contributed by atoms with Crippen LogP contribution in [0.3, 0.4) is 0 Å². The van der Waals surface area contributed by atoms with E-state index in [9.17, 15) is 9.59 Å². The van der Waals surface area contributed by atoms with E-state index in [-0.39, 0.29) is 11.6 Å². The molecular formula is C21H21N3O4. The van der Waals surface area contributed by atoms with E-state index in [4.69, 9.17) is 8.94 Å². The van der Waals surface area contributed by atoms with E-state index in [1.54, 1.807) is 12.1 Å². The summed E-state index contributed by atoms with van der Waals surface area (Å²) >= 11 is 0. The Balaban J connectivity index is 1.55. The Morgan fingerprint density at radius 2 is 1.79 bits per heavy atom. The Morgan fingerprint density at radius 1 is 1.00 bits per heavy atom. The van der Waals surface area contributed by atoms with Gasteiger partial charge in [-0.15, -0.1) is 0 Å². The summed E-state index contributed by atoms with van der Waals surface area (Å²) in [6, 6.07) is 13.4. The van der Waals surface area contributed by atoms with Crippen molar-refractivity contribution >= 4 is 11.8 Å². The lowest BCUT2D eigenvalue weighted by Crippen LogP contribution is -2.45. The van der Waals surface area contributed by atoms with Crippen LogP contribution in [0.1, 0.15) is 41.4 Å². The van der Waals surface area contributed by atoms with Crippen molar-refractivity contribution in [3.63, 3.8) is 0 Å². The number of hydrogen-bond acceptors (Lipinski definition) is 5. The minimum Gasteiger partial charge on any atom is -0.461 e. The van der Waals surface area contributed by atoms with Crippen LogP contribution in [0.15, 0.2) is 63.7 Å². The lowest BCUT2D eigenvalue weighted by molar-refractivity contribution is -0.134. The zero-order valence-corrected chi connectivity index (χ0v) is 15.3. The van der Waals surface area contributed by atoms with E-state index in [1.807, 2.05) is 35.2 Å². The number of amides is 2. The highest BCUT2D eigenvalue weighted by Gasteiger charge is 2.29. The van der Waals surface area contributed by atoms with Crippen molar-refractivity contribution in [1.82, 2.24) is 15.4 Å². The molecule has 2 amide bonds. The van der Waals surface area contributed by atoms with Gasteiger partial charge in [0.25, 0.3) is 5.91 Å². The van der Waals surface area contributed by atoms with Gasteiger partial charge in [-0.05, 0) is 37.0 Å². The largest absolute Gasteiger partial charge is 0.461 e. The Kier molecular flexibility index (Phi) is 5.23. The third kappa shape index (κ3) is 3.83. The maximum Gasteiger partial charge on any atom is 0.274 e. The maximum absolute atomic E-state index is 13.1. The molecule has 1 saturated heterocycles. The van der Waals surface area contributed by atoms with Crippen molar-refractivity contribution in [3.05, 3.63) is 66.1 Å². The molecule has 0 spiro atoms. The molecule has 28 heavy (non-hydrogen) atoms. The highest BCUT2D eigenvalue weighted by Crippen LogP contribution is 2.22. The van der Waals surface area contributed by atoms with Crippen LogP contribution in [0.4, 0.5) is 0 Å². The average molecular weight is 379 g/mol. The molecule has 0 bridgehead atoms. The molecule has 7 nitrogen and oxygen atoms in total. The average Bonchev–Trinajstić information content (AvgIpc) is 3.44. The van der Waals surface area contributed by atoms with Gasteiger partial charge in [0, 0.05) is 19.2 Å². The topological polar surface area (TPSA) is 88.6 Å². The number of aromatic nitrogens is 1. The summed E-state index contributed by atoms with van der Waals surface area (Å²) in [5, 5.41) is 6.64. The summed E-state index contributed by atoms with van der Waals surface area (Å²) in [6.07, 6.45) is 4.61. The van der Waals surface area contributed by atoms with Crippen molar-refractivity contribution in [2.24, 2.45) is 0 Å². The molecule has 2 aromatic heterocycles. The number of furan rings is 1. The van der Waals surface area contributed by atoms with E-state index >= 15 is 0 Å². The molecule has 1 fully saturated rings. The highest BCUT2D eigenvalue weighted by molar-refractivity contribution is 5.97. The van der Waals surface area contributed by atoms with Gasteiger partial charge in [-0.25, -0.2) is 0 Å². The minimum atomic E-state index is -0.768. The molecule has 3 aromatic rings. The highest BCUT2D eigenvalue weighted by atomic mass is 16.5. The monoisotopic (exact) mass is 379 g/mol. The SMILES string of the molecule is O=C(N[C@H](C(=O)N1CCCCC1)c1ccccc1)c1cc(-c2ccco2)on1. The lowest BCUT2D eigenvalue weighted by Gasteiger charge is -2.30. The van der Waals surface area contributed by atoms with Gasteiger partial charge in [-0.1, -0.05) is 35.5 Å². The standard InChI is InChI=1S/C21H21N3O4/c25-20(16-14-18(28-23-16)17-10-7-13-27-17)22-19(15-8-3-1-4-9-15)21(26)24-11-5-2-6-12-24/h1,3-4,7-10,13-14,19H,2,5-6,11-12H2,(H,22,25)/t19-/m0/s1. The van der Waals surface area contributed by atoms with Crippen LogP contribution in [-0.4, -0.2) is 35.0 Å². The molecule has 3 heterocycles. The first-order valence-electron chi connectivity index (χ1n) is 9.37. The van der Waals surface area contributed by atoms with Crippen LogP contribution in [-0.2, 0) is 4.79 Å². The van der Waals surface area contributed by atoms with Crippen LogP contribution in [0.2, 0.25) is 0 Å². The molecular weight excluding hydrogens is 358 g/mol. The zero-order chi connectivity index (χ0) is 19.3. The number of likely N-dealkylation sites (tertiary alicyclic amines) is 1.